The van der Waals surface area contributed by atoms with Crippen LogP contribution in [0.1, 0.15) is 18.4 Å². The Morgan fingerprint density at radius 3 is 2.78 bits per heavy atom. The summed E-state index contributed by atoms with van der Waals surface area (Å²) in [4.78, 5) is 26.8. The van der Waals surface area contributed by atoms with E-state index in [0.717, 1.165) is 12.5 Å². The topological polar surface area (TPSA) is 66.6 Å². The lowest BCUT2D eigenvalue weighted by Crippen LogP contribution is -2.47. The van der Waals surface area contributed by atoms with Gasteiger partial charge in [0.25, 0.3) is 0 Å². The molecule has 7 heteroatoms. The van der Waals surface area contributed by atoms with Gasteiger partial charge in [0, 0.05) is 31.3 Å². The Bertz CT molecular complexity index is 595. The minimum atomic E-state index is -0.629. The summed E-state index contributed by atoms with van der Waals surface area (Å²) >= 11 is 0. The summed E-state index contributed by atoms with van der Waals surface area (Å²) in [5, 5.41) is 0. The van der Waals surface area contributed by atoms with Gasteiger partial charge in [-0.2, -0.15) is 0 Å². The summed E-state index contributed by atoms with van der Waals surface area (Å²) < 4.78 is 26.5. The van der Waals surface area contributed by atoms with Crippen molar-refractivity contribution in [3.63, 3.8) is 0 Å². The smallest absolute Gasteiger partial charge is 0.236 e. The van der Waals surface area contributed by atoms with Crippen LogP contribution in [0, 0.1) is 17.6 Å². The fourth-order valence-electron chi connectivity index (χ4n) is 2.76. The normalized spacial score (nSPS) is 18.3. The summed E-state index contributed by atoms with van der Waals surface area (Å²) in [6.07, 6.45) is 1.45. The van der Waals surface area contributed by atoms with Crippen LogP contribution in [-0.2, 0) is 16.1 Å². The molecule has 0 aromatic heterocycles. The number of carbonyl (C=O) groups is 2. The highest BCUT2D eigenvalue weighted by Crippen LogP contribution is 2.17. The van der Waals surface area contributed by atoms with E-state index in [4.69, 9.17) is 5.73 Å². The molecule has 126 valence electrons. The molecule has 2 rings (SSSR count). The Hall–Kier alpha value is -2.02. The number of nitrogens with two attached hydrogens (primary N) is 1. The van der Waals surface area contributed by atoms with Crippen LogP contribution in [0.4, 0.5) is 8.78 Å². The van der Waals surface area contributed by atoms with Crippen LogP contribution in [0.3, 0.4) is 0 Å². The Morgan fingerprint density at radius 1 is 1.39 bits per heavy atom. The van der Waals surface area contributed by atoms with E-state index >= 15 is 0 Å². The molecule has 1 fully saturated rings. The Labute approximate surface area is 134 Å². The van der Waals surface area contributed by atoms with E-state index < -0.39 is 11.6 Å². The van der Waals surface area contributed by atoms with E-state index in [9.17, 15) is 18.4 Å². The third-order valence-corrected chi connectivity index (χ3v) is 4.04. The van der Waals surface area contributed by atoms with Crippen LogP contribution < -0.4 is 5.73 Å². The van der Waals surface area contributed by atoms with E-state index in [1.54, 1.807) is 16.8 Å². The lowest BCUT2D eigenvalue weighted by Gasteiger charge is -2.32. The predicted octanol–water partition coefficient (Wildman–Crippen LogP) is 1.12. The second-order valence-electron chi connectivity index (χ2n) is 5.99. The van der Waals surface area contributed by atoms with Gasteiger partial charge in [0.05, 0.1) is 12.5 Å². The quantitative estimate of drug-likeness (QED) is 0.882. The van der Waals surface area contributed by atoms with Gasteiger partial charge in [-0.25, -0.2) is 8.78 Å². The van der Waals surface area contributed by atoms with Gasteiger partial charge < -0.3 is 10.6 Å². The maximum atomic E-state index is 13.6. The lowest BCUT2D eigenvalue weighted by molar-refractivity contribution is -0.135. The number of likely N-dealkylation sites (N-methyl/N-ethyl adjacent to an activating group) is 1. The van der Waals surface area contributed by atoms with E-state index in [2.05, 4.69) is 0 Å². The van der Waals surface area contributed by atoms with Crippen molar-refractivity contribution in [1.29, 1.82) is 0 Å². The molecule has 0 unspecified atom stereocenters. The molecule has 23 heavy (non-hydrogen) atoms. The summed E-state index contributed by atoms with van der Waals surface area (Å²) in [5.41, 5.74) is 5.63. The SMILES string of the molecule is CN(CC(=O)N1CCC[C@@H](C(N)=O)C1)Cc1ccc(F)cc1F. The molecule has 0 saturated carbocycles. The first-order chi connectivity index (χ1) is 10.9. The maximum absolute atomic E-state index is 13.6. The van der Waals surface area contributed by atoms with Crippen molar-refractivity contribution in [3.8, 4) is 0 Å². The monoisotopic (exact) mass is 325 g/mol. The van der Waals surface area contributed by atoms with E-state index in [-0.39, 0.29) is 30.8 Å². The van der Waals surface area contributed by atoms with Crippen LogP contribution in [-0.4, -0.2) is 48.3 Å². The number of halogens is 2. The molecule has 1 aromatic rings. The zero-order valence-electron chi connectivity index (χ0n) is 13.1. The standard InChI is InChI=1S/C16H21F2N3O2/c1-20(8-11-4-5-13(17)7-14(11)18)10-15(22)21-6-2-3-12(9-21)16(19)23/h4-5,7,12H,2-3,6,8-10H2,1H3,(H2,19,23)/t12-/m1/s1. The molecule has 0 spiro atoms. The van der Waals surface area contributed by atoms with Crippen molar-refractivity contribution in [2.75, 3.05) is 26.7 Å². The van der Waals surface area contributed by atoms with Crippen molar-refractivity contribution in [2.24, 2.45) is 11.7 Å². The average Bonchev–Trinajstić information content (AvgIpc) is 2.50. The number of primary amides is 1. The number of amides is 2. The van der Waals surface area contributed by atoms with Crippen molar-refractivity contribution in [3.05, 3.63) is 35.4 Å². The fourth-order valence-corrected chi connectivity index (χ4v) is 2.76. The molecule has 1 atom stereocenters. The first-order valence-corrected chi connectivity index (χ1v) is 7.56. The van der Waals surface area contributed by atoms with Gasteiger partial charge >= 0.3 is 0 Å². The maximum Gasteiger partial charge on any atom is 0.236 e. The van der Waals surface area contributed by atoms with Crippen LogP contribution >= 0.6 is 0 Å². The summed E-state index contributed by atoms with van der Waals surface area (Å²) in [7, 11) is 1.69. The van der Waals surface area contributed by atoms with Crippen LogP contribution in [0.5, 0.6) is 0 Å². The Balaban J connectivity index is 1.90. The molecule has 1 aliphatic rings. The molecule has 1 heterocycles. The Kier molecular flexibility index (Phi) is 5.65. The van der Waals surface area contributed by atoms with Crippen LogP contribution in [0.2, 0.25) is 0 Å². The molecule has 0 radical (unpaired) electrons. The molecule has 0 aliphatic carbocycles. The molecular formula is C16H21F2N3O2. The number of hydrogen-bond donors (Lipinski definition) is 1. The number of hydrogen-bond acceptors (Lipinski definition) is 3. The minimum absolute atomic E-state index is 0.0995. The molecule has 1 aliphatic heterocycles. The minimum Gasteiger partial charge on any atom is -0.369 e. The molecule has 1 aromatic carbocycles. The highest BCUT2D eigenvalue weighted by Gasteiger charge is 2.27. The van der Waals surface area contributed by atoms with Gasteiger partial charge in [-0.05, 0) is 26.0 Å². The number of likely N-dealkylation sites (tertiary alicyclic amines) is 1. The number of carbonyl (C=O) groups excluding carboxylic acids is 2. The fraction of sp³-hybridized carbons (Fsp3) is 0.500. The van der Waals surface area contributed by atoms with Gasteiger partial charge in [0.2, 0.25) is 11.8 Å². The number of rotatable bonds is 5. The Morgan fingerprint density at radius 2 is 2.13 bits per heavy atom. The summed E-state index contributed by atoms with van der Waals surface area (Å²) in [6, 6.07) is 3.39. The van der Waals surface area contributed by atoms with Gasteiger partial charge in [-0.1, -0.05) is 6.07 Å². The van der Waals surface area contributed by atoms with Crippen LogP contribution in [0.25, 0.3) is 0 Å². The lowest BCUT2D eigenvalue weighted by atomic mass is 9.97. The highest BCUT2D eigenvalue weighted by molar-refractivity contribution is 5.81. The van der Waals surface area contributed by atoms with Crippen molar-refractivity contribution >= 4 is 11.8 Å². The molecule has 0 bridgehead atoms. The summed E-state index contributed by atoms with van der Waals surface area (Å²) in [5.74, 6) is -2.07. The first kappa shape index (κ1) is 17.3. The van der Waals surface area contributed by atoms with E-state index in [1.807, 2.05) is 0 Å². The largest absolute Gasteiger partial charge is 0.369 e. The number of nitrogens with zero attached hydrogens (tertiary/aromatic N) is 2. The molecule has 1 saturated heterocycles. The number of benzene rings is 1. The third-order valence-electron chi connectivity index (χ3n) is 4.04. The summed E-state index contributed by atoms with van der Waals surface area (Å²) in [6.45, 7) is 1.24. The van der Waals surface area contributed by atoms with Gasteiger partial charge in [0.15, 0.2) is 0 Å². The highest BCUT2D eigenvalue weighted by atomic mass is 19.1. The molecule has 5 nitrogen and oxygen atoms in total. The second-order valence-corrected chi connectivity index (χ2v) is 5.99. The zero-order valence-corrected chi connectivity index (χ0v) is 13.1. The van der Waals surface area contributed by atoms with Gasteiger partial charge in [0.1, 0.15) is 11.6 Å². The van der Waals surface area contributed by atoms with Crippen molar-refractivity contribution < 1.29 is 18.4 Å². The van der Waals surface area contributed by atoms with E-state index in [0.29, 0.717) is 25.1 Å². The van der Waals surface area contributed by atoms with Gasteiger partial charge in [-0.15, -0.1) is 0 Å². The molecule has 2 N–H and O–H groups in total. The first-order valence-electron chi connectivity index (χ1n) is 7.56. The average molecular weight is 325 g/mol. The molecule has 2 amide bonds. The van der Waals surface area contributed by atoms with Gasteiger partial charge in [-0.3, -0.25) is 14.5 Å². The second kappa shape index (κ2) is 7.50. The van der Waals surface area contributed by atoms with E-state index in [1.165, 1.54) is 12.1 Å². The van der Waals surface area contributed by atoms with Crippen LogP contribution in [0.15, 0.2) is 18.2 Å². The van der Waals surface area contributed by atoms with Crippen molar-refractivity contribution in [2.45, 2.75) is 19.4 Å². The zero-order chi connectivity index (χ0) is 17.0. The molecular weight excluding hydrogens is 304 g/mol. The third kappa shape index (κ3) is 4.72. The van der Waals surface area contributed by atoms with Crippen molar-refractivity contribution in [1.82, 2.24) is 9.80 Å². The number of piperidine rings is 1. The predicted molar refractivity (Wildman–Crippen MR) is 81.2 cm³/mol.